The van der Waals surface area contributed by atoms with Crippen molar-refractivity contribution in [1.82, 2.24) is 4.90 Å². The van der Waals surface area contributed by atoms with Crippen molar-refractivity contribution in [2.75, 3.05) is 6.54 Å². The van der Waals surface area contributed by atoms with Gasteiger partial charge in [0.1, 0.15) is 0 Å². The molecule has 0 unspecified atom stereocenters. The number of hydrogen-bond acceptors (Lipinski definition) is 4. The Bertz CT molecular complexity index is 500. The predicted octanol–water partition coefficient (Wildman–Crippen LogP) is 3.66. The second-order valence-electron chi connectivity index (χ2n) is 4.67. The number of nitrogens with zero attached hydrogens (tertiary/aromatic N) is 1. The van der Waals surface area contributed by atoms with Crippen LogP contribution < -0.4 is 0 Å². The fourth-order valence-corrected chi connectivity index (χ4v) is 3.39. The van der Waals surface area contributed by atoms with Gasteiger partial charge in [0.05, 0.1) is 11.4 Å². The lowest BCUT2D eigenvalue weighted by molar-refractivity contribution is 0.0923. The first kappa shape index (κ1) is 12.1. The van der Waals surface area contributed by atoms with Crippen LogP contribution in [0.25, 0.3) is 0 Å². The smallest absolute Gasteiger partial charge is 0.186 e. The van der Waals surface area contributed by atoms with E-state index in [4.69, 9.17) is 0 Å². The Labute approximate surface area is 115 Å². The Morgan fingerprint density at radius 2 is 2.22 bits per heavy atom. The monoisotopic (exact) mass is 277 g/mol. The highest BCUT2D eigenvalue weighted by Crippen LogP contribution is 2.29. The lowest BCUT2D eigenvalue weighted by Gasteiger charge is -2.20. The van der Waals surface area contributed by atoms with Gasteiger partial charge in [-0.1, -0.05) is 6.07 Å². The lowest BCUT2D eigenvalue weighted by Crippen LogP contribution is -2.31. The van der Waals surface area contributed by atoms with Gasteiger partial charge in [-0.3, -0.25) is 9.69 Å². The molecule has 2 aromatic heterocycles. The Morgan fingerprint density at radius 1 is 1.33 bits per heavy atom. The van der Waals surface area contributed by atoms with Crippen molar-refractivity contribution >= 4 is 28.5 Å². The number of thiophene rings is 2. The Hall–Kier alpha value is -0.970. The zero-order valence-corrected chi connectivity index (χ0v) is 11.7. The number of carbonyl (C=O) groups excluding carboxylic acids is 1. The van der Waals surface area contributed by atoms with Gasteiger partial charge in [0.15, 0.2) is 5.78 Å². The van der Waals surface area contributed by atoms with Crippen molar-refractivity contribution in [3.63, 3.8) is 0 Å². The molecule has 1 fully saturated rings. The fourth-order valence-electron chi connectivity index (χ4n) is 2.07. The van der Waals surface area contributed by atoms with Gasteiger partial charge in [-0.2, -0.15) is 11.3 Å². The maximum absolute atomic E-state index is 12.1. The zero-order chi connectivity index (χ0) is 12.4. The van der Waals surface area contributed by atoms with Gasteiger partial charge in [-0.15, -0.1) is 11.3 Å². The molecular formula is C14H15NOS2. The van der Waals surface area contributed by atoms with Gasteiger partial charge in [0.25, 0.3) is 0 Å². The van der Waals surface area contributed by atoms with Crippen LogP contribution >= 0.6 is 22.7 Å². The highest BCUT2D eigenvalue weighted by atomic mass is 32.1. The highest BCUT2D eigenvalue weighted by molar-refractivity contribution is 7.12. The van der Waals surface area contributed by atoms with Crippen LogP contribution in [0.5, 0.6) is 0 Å². The number of ketones is 1. The molecule has 0 amide bonds. The predicted molar refractivity (Wildman–Crippen MR) is 76.4 cm³/mol. The molecule has 0 spiro atoms. The molecule has 18 heavy (non-hydrogen) atoms. The third kappa shape index (κ3) is 2.88. The first-order chi connectivity index (χ1) is 8.83. The second kappa shape index (κ2) is 5.34. The van der Waals surface area contributed by atoms with Crippen LogP contribution in [0.1, 0.15) is 28.1 Å². The first-order valence-corrected chi connectivity index (χ1v) is 7.97. The van der Waals surface area contributed by atoms with Gasteiger partial charge in [0.2, 0.25) is 0 Å². The van der Waals surface area contributed by atoms with E-state index in [0.717, 1.165) is 11.4 Å². The van der Waals surface area contributed by atoms with Crippen molar-refractivity contribution in [1.29, 1.82) is 0 Å². The maximum atomic E-state index is 12.1. The summed E-state index contributed by atoms with van der Waals surface area (Å²) in [6.45, 7) is 1.46. The number of carbonyl (C=O) groups is 1. The van der Waals surface area contributed by atoms with Gasteiger partial charge in [-0.05, 0) is 46.7 Å². The molecule has 1 saturated carbocycles. The molecule has 0 bridgehead atoms. The van der Waals surface area contributed by atoms with Crippen LogP contribution in [-0.2, 0) is 6.54 Å². The van der Waals surface area contributed by atoms with Crippen molar-refractivity contribution in [3.8, 4) is 0 Å². The van der Waals surface area contributed by atoms with E-state index in [0.29, 0.717) is 12.6 Å². The summed E-state index contributed by atoms with van der Waals surface area (Å²) < 4.78 is 0. The molecular weight excluding hydrogens is 262 g/mol. The molecule has 1 aliphatic carbocycles. The average molecular weight is 277 g/mol. The highest BCUT2D eigenvalue weighted by Gasteiger charge is 2.30. The van der Waals surface area contributed by atoms with Crippen LogP contribution in [0, 0.1) is 0 Å². The van der Waals surface area contributed by atoms with Gasteiger partial charge < -0.3 is 0 Å². The molecule has 0 aliphatic heterocycles. The largest absolute Gasteiger partial charge is 0.292 e. The van der Waals surface area contributed by atoms with Crippen LogP contribution in [0.2, 0.25) is 0 Å². The van der Waals surface area contributed by atoms with Crippen molar-refractivity contribution in [3.05, 3.63) is 44.8 Å². The van der Waals surface area contributed by atoms with Gasteiger partial charge in [-0.25, -0.2) is 0 Å². The van der Waals surface area contributed by atoms with Crippen molar-refractivity contribution in [2.24, 2.45) is 0 Å². The summed E-state index contributed by atoms with van der Waals surface area (Å²) in [5.74, 6) is 0.257. The van der Waals surface area contributed by atoms with Crippen molar-refractivity contribution < 1.29 is 4.79 Å². The van der Waals surface area contributed by atoms with E-state index in [1.54, 1.807) is 11.3 Å². The van der Waals surface area contributed by atoms with E-state index in [1.165, 1.54) is 29.7 Å². The molecule has 0 atom stereocenters. The minimum absolute atomic E-state index is 0.257. The number of Topliss-reactive ketones (excluding diaryl/α,β-unsaturated/α-hetero) is 1. The van der Waals surface area contributed by atoms with E-state index < -0.39 is 0 Å². The second-order valence-corrected chi connectivity index (χ2v) is 6.40. The van der Waals surface area contributed by atoms with Crippen molar-refractivity contribution in [2.45, 2.75) is 25.4 Å². The minimum atomic E-state index is 0.257. The summed E-state index contributed by atoms with van der Waals surface area (Å²) in [4.78, 5) is 15.4. The summed E-state index contributed by atoms with van der Waals surface area (Å²) in [6, 6.07) is 6.63. The summed E-state index contributed by atoms with van der Waals surface area (Å²) in [5, 5.41) is 6.24. The lowest BCUT2D eigenvalue weighted by atomic mass is 10.2. The fraction of sp³-hybridized carbons (Fsp3) is 0.357. The summed E-state index contributed by atoms with van der Waals surface area (Å²) in [7, 11) is 0. The Balaban J connectivity index is 1.65. The SMILES string of the molecule is O=C(CN(Cc1ccsc1)C1CC1)c1cccs1. The van der Waals surface area contributed by atoms with Crippen LogP contribution in [-0.4, -0.2) is 23.3 Å². The molecule has 0 aromatic carbocycles. The summed E-state index contributed by atoms with van der Waals surface area (Å²) >= 11 is 3.26. The maximum Gasteiger partial charge on any atom is 0.186 e. The van der Waals surface area contributed by atoms with Crippen LogP contribution in [0.15, 0.2) is 34.3 Å². The first-order valence-electron chi connectivity index (χ1n) is 6.15. The van der Waals surface area contributed by atoms with E-state index in [2.05, 4.69) is 21.7 Å². The standard InChI is InChI=1S/C14H15NOS2/c16-13(14-2-1-6-18-14)9-15(12-3-4-12)8-11-5-7-17-10-11/h1-2,5-7,10,12H,3-4,8-9H2. The summed E-state index contributed by atoms with van der Waals surface area (Å²) in [5.41, 5.74) is 1.32. The van der Waals surface area contributed by atoms with Crippen LogP contribution in [0.3, 0.4) is 0 Å². The van der Waals surface area contributed by atoms with E-state index in [1.807, 2.05) is 17.5 Å². The Kier molecular flexibility index (Phi) is 3.59. The molecule has 4 heteroatoms. The van der Waals surface area contributed by atoms with E-state index in [-0.39, 0.29) is 5.78 Å². The molecule has 2 heterocycles. The molecule has 2 nitrogen and oxygen atoms in total. The molecule has 0 radical (unpaired) electrons. The number of hydrogen-bond donors (Lipinski definition) is 0. The van der Waals surface area contributed by atoms with E-state index >= 15 is 0 Å². The summed E-state index contributed by atoms with van der Waals surface area (Å²) in [6.07, 6.45) is 2.48. The third-order valence-electron chi connectivity index (χ3n) is 3.17. The van der Waals surface area contributed by atoms with Gasteiger partial charge in [0, 0.05) is 12.6 Å². The normalized spacial score (nSPS) is 15.2. The molecule has 3 rings (SSSR count). The molecule has 94 valence electrons. The average Bonchev–Trinajstić information content (AvgIpc) is 2.88. The number of rotatable bonds is 6. The van der Waals surface area contributed by atoms with Crippen LogP contribution in [0.4, 0.5) is 0 Å². The zero-order valence-electron chi connectivity index (χ0n) is 10.0. The third-order valence-corrected chi connectivity index (χ3v) is 4.81. The molecule has 2 aromatic rings. The van der Waals surface area contributed by atoms with E-state index in [9.17, 15) is 4.79 Å². The molecule has 0 saturated heterocycles. The van der Waals surface area contributed by atoms with Gasteiger partial charge >= 0.3 is 0 Å². The minimum Gasteiger partial charge on any atom is -0.292 e. The Morgan fingerprint density at radius 3 is 2.83 bits per heavy atom. The molecule has 0 N–H and O–H groups in total. The topological polar surface area (TPSA) is 20.3 Å². The quantitative estimate of drug-likeness (QED) is 0.751. The molecule has 1 aliphatic rings.